The number of anilines is 1. The average Bonchev–Trinajstić information content (AvgIpc) is 2.56. The SMILES string of the molecule is COC(=O)c1ccc(Cl)c(NC(=O)CN2CCN(C(C)=O)CC2)c1. The standard InChI is InChI=1S/C16H20ClN3O4/c1-11(21)20-7-5-19(6-8-20)10-15(22)18-14-9-12(16(23)24-2)3-4-13(14)17/h3-4,9H,5-8,10H2,1-2H3,(H,18,22). The molecule has 2 amide bonds. The highest BCUT2D eigenvalue weighted by Crippen LogP contribution is 2.23. The van der Waals surface area contributed by atoms with Gasteiger partial charge >= 0.3 is 5.97 Å². The largest absolute Gasteiger partial charge is 0.465 e. The van der Waals surface area contributed by atoms with Crippen molar-refractivity contribution >= 4 is 35.1 Å². The highest BCUT2D eigenvalue weighted by Gasteiger charge is 2.20. The van der Waals surface area contributed by atoms with Crippen LogP contribution < -0.4 is 5.32 Å². The fourth-order valence-electron chi connectivity index (χ4n) is 2.48. The van der Waals surface area contributed by atoms with Gasteiger partial charge in [0.2, 0.25) is 11.8 Å². The van der Waals surface area contributed by atoms with Gasteiger partial charge in [0.1, 0.15) is 0 Å². The summed E-state index contributed by atoms with van der Waals surface area (Å²) in [5, 5.41) is 3.05. The summed E-state index contributed by atoms with van der Waals surface area (Å²) in [6.45, 7) is 4.25. The molecule has 8 heteroatoms. The molecule has 0 saturated carbocycles. The Morgan fingerprint density at radius 2 is 1.88 bits per heavy atom. The van der Waals surface area contributed by atoms with Gasteiger partial charge in [0, 0.05) is 33.1 Å². The minimum atomic E-state index is -0.498. The molecule has 1 saturated heterocycles. The van der Waals surface area contributed by atoms with E-state index < -0.39 is 5.97 Å². The summed E-state index contributed by atoms with van der Waals surface area (Å²) >= 11 is 6.06. The van der Waals surface area contributed by atoms with Crippen molar-refractivity contribution in [3.8, 4) is 0 Å². The lowest BCUT2D eigenvalue weighted by Crippen LogP contribution is -2.49. The molecule has 0 unspecified atom stereocenters. The molecule has 0 aromatic heterocycles. The van der Waals surface area contributed by atoms with Gasteiger partial charge in [-0.3, -0.25) is 14.5 Å². The van der Waals surface area contributed by atoms with Gasteiger partial charge in [0.15, 0.2) is 0 Å². The number of halogens is 1. The highest BCUT2D eigenvalue weighted by atomic mass is 35.5. The summed E-state index contributed by atoms with van der Waals surface area (Å²) in [7, 11) is 1.29. The van der Waals surface area contributed by atoms with Crippen molar-refractivity contribution in [1.82, 2.24) is 9.80 Å². The van der Waals surface area contributed by atoms with Crippen molar-refractivity contribution in [2.24, 2.45) is 0 Å². The number of rotatable bonds is 4. The monoisotopic (exact) mass is 353 g/mol. The van der Waals surface area contributed by atoms with Crippen LogP contribution in [0.2, 0.25) is 5.02 Å². The van der Waals surface area contributed by atoms with Crippen LogP contribution in [-0.2, 0) is 14.3 Å². The lowest BCUT2D eigenvalue weighted by molar-refractivity contribution is -0.130. The Hall–Kier alpha value is -2.12. The highest BCUT2D eigenvalue weighted by molar-refractivity contribution is 6.33. The average molecular weight is 354 g/mol. The fraction of sp³-hybridized carbons (Fsp3) is 0.438. The second-order valence-corrected chi connectivity index (χ2v) is 5.92. The van der Waals surface area contributed by atoms with E-state index in [1.807, 2.05) is 4.90 Å². The van der Waals surface area contributed by atoms with Crippen molar-refractivity contribution in [3.05, 3.63) is 28.8 Å². The first-order valence-electron chi connectivity index (χ1n) is 7.56. The number of esters is 1. The number of nitrogens with zero attached hydrogens (tertiary/aromatic N) is 2. The molecule has 0 atom stereocenters. The van der Waals surface area contributed by atoms with E-state index in [1.165, 1.54) is 25.3 Å². The van der Waals surface area contributed by atoms with Crippen LogP contribution in [0.15, 0.2) is 18.2 Å². The molecule has 1 heterocycles. The van der Waals surface area contributed by atoms with E-state index in [9.17, 15) is 14.4 Å². The summed E-state index contributed by atoms with van der Waals surface area (Å²) in [4.78, 5) is 38.8. The number of carbonyl (C=O) groups excluding carboxylic acids is 3. The zero-order valence-corrected chi connectivity index (χ0v) is 14.4. The van der Waals surface area contributed by atoms with Crippen molar-refractivity contribution in [2.45, 2.75) is 6.92 Å². The Kier molecular flexibility index (Phi) is 6.16. The molecule has 7 nitrogen and oxygen atoms in total. The molecular formula is C16H20ClN3O4. The van der Waals surface area contributed by atoms with E-state index in [0.29, 0.717) is 42.5 Å². The van der Waals surface area contributed by atoms with Crippen LogP contribution in [0.4, 0.5) is 5.69 Å². The first-order valence-corrected chi connectivity index (χ1v) is 7.94. The van der Waals surface area contributed by atoms with E-state index >= 15 is 0 Å². The van der Waals surface area contributed by atoms with Crippen LogP contribution >= 0.6 is 11.6 Å². The number of nitrogens with one attached hydrogen (secondary N) is 1. The normalized spacial score (nSPS) is 15.0. The number of hydrogen-bond acceptors (Lipinski definition) is 5. The Morgan fingerprint density at radius 1 is 1.21 bits per heavy atom. The molecule has 0 spiro atoms. The van der Waals surface area contributed by atoms with Crippen LogP contribution in [0.5, 0.6) is 0 Å². The summed E-state index contributed by atoms with van der Waals surface area (Å²) in [6, 6.07) is 4.56. The maximum atomic E-state index is 12.2. The van der Waals surface area contributed by atoms with Crippen LogP contribution in [0, 0.1) is 0 Å². The molecule has 0 aliphatic carbocycles. The molecule has 1 aromatic rings. The zero-order chi connectivity index (χ0) is 17.7. The van der Waals surface area contributed by atoms with Crippen LogP contribution in [0.3, 0.4) is 0 Å². The number of piperazine rings is 1. The molecule has 1 aliphatic heterocycles. The molecule has 1 N–H and O–H groups in total. The smallest absolute Gasteiger partial charge is 0.337 e. The minimum Gasteiger partial charge on any atom is -0.465 e. The Morgan fingerprint density at radius 3 is 2.46 bits per heavy atom. The first kappa shape index (κ1) is 18.2. The van der Waals surface area contributed by atoms with E-state index in [1.54, 1.807) is 11.8 Å². The van der Waals surface area contributed by atoms with Crippen molar-refractivity contribution in [3.63, 3.8) is 0 Å². The minimum absolute atomic E-state index is 0.0468. The zero-order valence-electron chi connectivity index (χ0n) is 13.7. The number of benzene rings is 1. The number of methoxy groups -OCH3 is 1. The molecule has 0 bridgehead atoms. The summed E-state index contributed by atoms with van der Waals surface area (Å²) < 4.78 is 4.65. The van der Waals surface area contributed by atoms with Crippen molar-refractivity contribution in [1.29, 1.82) is 0 Å². The van der Waals surface area contributed by atoms with E-state index in [-0.39, 0.29) is 18.4 Å². The quantitative estimate of drug-likeness (QED) is 0.824. The van der Waals surface area contributed by atoms with E-state index in [2.05, 4.69) is 10.1 Å². The Labute approximate surface area is 145 Å². The molecule has 1 aliphatic rings. The Balaban J connectivity index is 1.93. The van der Waals surface area contributed by atoms with Crippen molar-refractivity contribution < 1.29 is 19.1 Å². The van der Waals surface area contributed by atoms with Gasteiger partial charge in [-0.2, -0.15) is 0 Å². The second kappa shape index (κ2) is 8.12. The van der Waals surface area contributed by atoms with Gasteiger partial charge in [-0.05, 0) is 18.2 Å². The van der Waals surface area contributed by atoms with Crippen LogP contribution in [0.25, 0.3) is 0 Å². The number of ether oxygens (including phenoxy) is 1. The number of amides is 2. The fourth-order valence-corrected chi connectivity index (χ4v) is 2.64. The van der Waals surface area contributed by atoms with Gasteiger partial charge < -0.3 is 15.0 Å². The molecular weight excluding hydrogens is 334 g/mol. The predicted octanol–water partition coefficient (Wildman–Crippen LogP) is 1.23. The maximum Gasteiger partial charge on any atom is 0.337 e. The molecule has 24 heavy (non-hydrogen) atoms. The molecule has 1 aromatic carbocycles. The Bertz CT molecular complexity index is 642. The topological polar surface area (TPSA) is 79.0 Å². The summed E-state index contributed by atoms with van der Waals surface area (Å²) in [5.74, 6) is -0.678. The predicted molar refractivity (Wildman–Crippen MR) is 90.1 cm³/mol. The third kappa shape index (κ3) is 4.69. The molecule has 2 rings (SSSR count). The number of hydrogen-bond donors (Lipinski definition) is 1. The van der Waals surface area contributed by atoms with Crippen molar-refractivity contribution in [2.75, 3.05) is 45.2 Å². The van der Waals surface area contributed by atoms with Crippen LogP contribution in [0.1, 0.15) is 17.3 Å². The third-order valence-corrected chi connectivity index (χ3v) is 4.18. The van der Waals surface area contributed by atoms with Gasteiger partial charge in [-0.25, -0.2) is 4.79 Å². The van der Waals surface area contributed by atoms with Gasteiger partial charge in [-0.15, -0.1) is 0 Å². The second-order valence-electron chi connectivity index (χ2n) is 5.52. The summed E-state index contributed by atoms with van der Waals surface area (Å²) in [5.41, 5.74) is 0.680. The third-order valence-electron chi connectivity index (χ3n) is 3.85. The van der Waals surface area contributed by atoms with E-state index in [4.69, 9.17) is 11.6 Å². The van der Waals surface area contributed by atoms with Gasteiger partial charge in [-0.1, -0.05) is 11.6 Å². The molecule has 1 fully saturated rings. The first-order chi connectivity index (χ1) is 11.4. The van der Waals surface area contributed by atoms with Gasteiger partial charge in [0.05, 0.1) is 29.9 Å². The maximum absolute atomic E-state index is 12.2. The molecule has 130 valence electrons. The lowest BCUT2D eigenvalue weighted by atomic mass is 10.2. The number of carbonyl (C=O) groups is 3. The summed E-state index contributed by atoms with van der Waals surface area (Å²) in [6.07, 6.45) is 0. The molecule has 0 radical (unpaired) electrons. The van der Waals surface area contributed by atoms with Gasteiger partial charge in [0.25, 0.3) is 0 Å². The van der Waals surface area contributed by atoms with Crippen LogP contribution in [-0.4, -0.2) is 67.4 Å². The van der Waals surface area contributed by atoms with E-state index in [0.717, 1.165) is 0 Å². The lowest BCUT2D eigenvalue weighted by Gasteiger charge is -2.33.